The highest BCUT2D eigenvalue weighted by Gasteiger charge is 2.36. The molecule has 7 nitrogen and oxygen atoms in total. The number of benzene rings is 3. The molecule has 2 N–H and O–H groups in total. The van der Waals surface area contributed by atoms with Crippen LogP contribution in [0.25, 0.3) is 10.8 Å². The minimum Gasteiger partial charge on any atom is -0.444 e. The van der Waals surface area contributed by atoms with E-state index in [-0.39, 0.29) is 11.8 Å². The molecular formula is C38H53N3O4S. The number of nitrogens with one attached hydrogen (secondary N) is 2. The first-order valence-electron chi connectivity index (χ1n) is 16.6. The Morgan fingerprint density at radius 2 is 1.57 bits per heavy atom. The zero-order valence-corrected chi connectivity index (χ0v) is 29.6. The fourth-order valence-corrected chi connectivity index (χ4v) is 5.93. The topological polar surface area (TPSA) is 87.7 Å². The van der Waals surface area contributed by atoms with Crippen LogP contribution in [0.2, 0.25) is 0 Å². The maximum Gasteiger partial charge on any atom is 0.408 e. The lowest BCUT2D eigenvalue weighted by Crippen LogP contribution is -2.52. The number of unbranched alkanes of at least 4 members (excludes halogenated alkanes) is 5. The van der Waals surface area contributed by atoms with Crippen molar-refractivity contribution in [1.82, 2.24) is 10.2 Å². The van der Waals surface area contributed by atoms with E-state index in [4.69, 9.17) is 4.74 Å². The van der Waals surface area contributed by atoms with Gasteiger partial charge in [-0.15, -0.1) is 0 Å². The van der Waals surface area contributed by atoms with Crippen molar-refractivity contribution in [3.63, 3.8) is 0 Å². The Bertz CT molecular complexity index is 1450. The van der Waals surface area contributed by atoms with Crippen LogP contribution >= 0.6 is 11.8 Å². The van der Waals surface area contributed by atoms with Gasteiger partial charge in [-0.1, -0.05) is 87.6 Å². The Morgan fingerprint density at radius 1 is 0.870 bits per heavy atom. The van der Waals surface area contributed by atoms with Gasteiger partial charge in [-0.05, 0) is 99.1 Å². The number of hydrogen-bond acceptors (Lipinski definition) is 5. The van der Waals surface area contributed by atoms with E-state index in [1.807, 2.05) is 80.8 Å². The fraction of sp³-hybridized carbons (Fsp3) is 0.500. The van der Waals surface area contributed by atoms with Gasteiger partial charge in [0.05, 0.1) is 0 Å². The number of fused-ring (bicyclic) bond motifs is 1. The molecule has 0 radical (unpaired) electrons. The lowest BCUT2D eigenvalue weighted by molar-refractivity contribution is -0.141. The molecule has 0 bridgehead atoms. The molecule has 0 fully saturated rings. The SMILES string of the molecule is CCCCCCCCN(C(=O)C(CCSC)NC(=O)OC(C)(C)C)C(C(=O)Nc1ccc2ccccc2c1)c1ccc(C)c(C)c1. The first kappa shape index (κ1) is 36.9. The van der Waals surface area contributed by atoms with Gasteiger partial charge in [-0.25, -0.2) is 4.79 Å². The summed E-state index contributed by atoms with van der Waals surface area (Å²) in [5.41, 5.74) is 2.84. The van der Waals surface area contributed by atoms with Crippen molar-refractivity contribution < 1.29 is 19.1 Å². The molecule has 0 spiro atoms. The van der Waals surface area contributed by atoms with Crippen LogP contribution in [0, 0.1) is 13.8 Å². The van der Waals surface area contributed by atoms with Crippen LogP contribution in [0.3, 0.4) is 0 Å². The molecule has 0 aliphatic carbocycles. The lowest BCUT2D eigenvalue weighted by Gasteiger charge is -2.35. The smallest absolute Gasteiger partial charge is 0.408 e. The molecule has 0 aromatic heterocycles. The first-order valence-corrected chi connectivity index (χ1v) is 18.0. The van der Waals surface area contributed by atoms with E-state index in [9.17, 15) is 14.4 Å². The second kappa shape index (κ2) is 18.0. The standard InChI is InChI=1S/C38H53N3O4S/c1-8-9-10-11-12-15-23-41(36(43)33(22-24-46-7)40-37(44)45-38(4,5)6)34(31-19-18-27(2)28(3)25-31)35(42)39-32-21-20-29-16-13-14-17-30(29)26-32/h13-14,16-21,25-26,33-34H,8-12,15,22-24H2,1-7H3,(H,39,42)(H,40,44). The largest absolute Gasteiger partial charge is 0.444 e. The Hall–Kier alpha value is -3.52. The van der Waals surface area contributed by atoms with Crippen molar-refractivity contribution in [2.75, 3.05) is 23.9 Å². The van der Waals surface area contributed by atoms with Crippen molar-refractivity contribution in [2.24, 2.45) is 0 Å². The van der Waals surface area contributed by atoms with Crippen LogP contribution in [0.5, 0.6) is 0 Å². The number of amides is 3. The molecule has 3 amide bonds. The zero-order chi connectivity index (χ0) is 33.7. The van der Waals surface area contributed by atoms with Crippen LogP contribution in [-0.2, 0) is 14.3 Å². The van der Waals surface area contributed by atoms with Crippen molar-refractivity contribution in [2.45, 2.75) is 104 Å². The molecule has 8 heteroatoms. The van der Waals surface area contributed by atoms with Crippen LogP contribution in [0.15, 0.2) is 60.7 Å². The summed E-state index contributed by atoms with van der Waals surface area (Å²) in [6, 6.07) is 18.0. The van der Waals surface area contributed by atoms with E-state index in [0.29, 0.717) is 24.4 Å². The lowest BCUT2D eigenvalue weighted by atomic mass is 9.97. The summed E-state index contributed by atoms with van der Waals surface area (Å²) in [5, 5.41) is 8.07. The van der Waals surface area contributed by atoms with Crippen LogP contribution < -0.4 is 10.6 Å². The number of nitrogens with zero attached hydrogens (tertiary/aromatic N) is 1. The van der Waals surface area contributed by atoms with E-state index in [0.717, 1.165) is 59.6 Å². The predicted molar refractivity (Wildman–Crippen MR) is 192 cm³/mol. The number of rotatable bonds is 16. The third-order valence-electron chi connectivity index (χ3n) is 8.06. The van der Waals surface area contributed by atoms with Gasteiger partial charge < -0.3 is 20.3 Å². The average Bonchev–Trinajstić information content (AvgIpc) is 3.00. The molecule has 0 saturated carbocycles. The van der Waals surface area contributed by atoms with Gasteiger partial charge in [0.1, 0.15) is 17.7 Å². The number of ether oxygens (including phenoxy) is 1. The van der Waals surface area contributed by atoms with Gasteiger partial charge >= 0.3 is 6.09 Å². The molecular weight excluding hydrogens is 595 g/mol. The number of alkyl carbamates (subject to hydrolysis) is 1. The molecule has 3 aromatic carbocycles. The van der Waals surface area contributed by atoms with Crippen LogP contribution in [-0.4, -0.2) is 53.0 Å². The normalized spacial score (nSPS) is 12.8. The van der Waals surface area contributed by atoms with Gasteiger partial charge in [-0.3, -0.25) is 9.59 Å². The van der Waals surface area contributed by atoms with E-state index >= 15 is 0 Å². The minimum absolute atomic E-state index is 0.287. The van der Waals surface area contributed by atoms with Crippen LogP contribution in [0.1, 0.15) is 95.4 Å². The van der Waals surface area contributed by atoms with E-state index in [2.05, 4.69) is 17.6 Å². The third kappa shape index (κ3) is 11.4. The van der Waals surface area contributed by atoms with Crippen molar-refractivity contribution >= 4 is 46.1 Å². The molecule has 46 heavy (non-hydrogen) atoms. The molecule has 0 aliphatic rings. The van der Waals surface area contributed by atoms with E-state index in [1.54, 1.807) is 37.4 Å². The number of carbonyl (C=O) groups excluding carboxylic acids is 3. The summed E-state index contributed by atoms with van der Waals surface area (Å²) in [7, 11) is 0. The molecule has 2 unspecified atom stereocenters. The highest BCUT2D eigenvalue weighted by Crippen LogP contribution is 2.28. The summed E-state index contributed by atoms with van der Waals surface area (Å²) in [6.45, 7) is 12.0. The predicted octanol–water partition coefficient (Wildman–Crippen LogP) is 8.97. The maximum absolute atomic E-state index is 14.6. The number of thioether (sulfide) groups is 1. The Balaban J connectivity index is 2.03. The average molecular weight is 648 g/mol. The highest BCUT2D eigenvalue weighted by molar-refractivity contribution is 7.98. The van der Waals surface area contributed by atoms with Crippen molar-refractivity contribution in [1.29, 1.82) is 0 Å². The summed E-state index contributed by atoms with van der Waals surface area (Å²) in [5.74, 6) is 0.0818. The van der Waals surface area contributed by atoms with E-state index < -0.39 is 23.8 Å². The fourth-order valence-electron chi connectivity index (χ4n) is 5.46. The minimum atomic E-state index is -0.897. The summed E-state index contributed by atoms with van der Waals surface area (Å²) in [4.78, 5) is 43.6. The molecule has 3 aromatic rings. The molecule has 2 atom stereocenters. The molecule has 0 heterocycles. The Kier molecular flexibility index (Phi) is 14.4. The van der Waals surface area contributed by atoms with Crippen molar-refractivity contribution in [3.8, 4) is 0 Å². The van der Waals surface area contributed by atoms with E-state index in [1.165, 1.54) is 6.42 Å². The number of aryl methyl sites for hydroxylation is 2. The molecule has 0 saturated heterocycles. The Morgan fingerprint density at radius 3 is 2.24 bits per heavy atom. The monoisotopic (exact) mass is 647 g/mol. The third-order valence-corrected chi connectivity index (χ3v) is 8.70. The second-order valence-corrected chi connectivity index (χ2v) is 14.1. The van der Waals surface area contributed by atoms with Gasteiger partial charge in [0.25, 0.3) is 5.91 Å². The zero-order valence-electron chi connectivity index (χ0n) is 28.8. The van der Waals surface area contributed by atoms with Gasteiger partial charge in [0, 0.05) is 12.2 Å². The number of anilines is 1. The summed E-state index contributed by atoms with van der Waals surface area (Å²) < 4.78 is 5.54. The van der Waals surface area contributed by atoms with Crippen molar-refractivity contribution in [3.05, 3.63) is 77.4 Å². The summed E-state index contributed by atoms with van der Waals surface area (Å²) >= 11 is 1.60. The molecule has 3 rings (SSSR count). The maximum atomic E-state index is 14.6. The number of carbonyl (C=O) groups is 3. The van der Waals surface area contributed by atoms with Gasteiger partial charge in [-0.2, -0.15) is 11.8 Å². The molecule has 0 aliphatic heterocycles. The number of hydrogen-bond donors (Lipinski definition) is 2. The Labute approximate surface area is 280 Å². The van der Waals surface area contributed by atoms with Crippen LogP contribution in [0.4, 0.5) is 10.5 Å². The first-order chi connectivity index (χ1) is 21.9. The van der Waals surface area contributed by atoms with Gasteiger partial charge in [0.2, 0.25) is 5.91 Å². The highest BCUT2D eigenvalue weighted by atomic mass is 32.2. The second-order valence-electron chi connectivity index (χ2n) is 13.1. The van der Waals surface area contributed by atoms with Gasteiger partial charge in [0.15, 0.2) is 0 Å². The summed E-state index contributed by atoms with van der Waals surface area (Å²) in [6.07, 6.45) is 7.99. The quantitative estimate of drug-likeness (QED) is 0.152. The molecule has 250 valence electrons.